The lowest BCUT2D eigenvalue weighted by Crippen LogP contribution is -2.17. The first-order valence-electron chi connectivity index (χ1n) is 5.65. The van der Waals surface area contributed by atoms with Crippen molar-refractivity contribution in [2.75, 3.05) is 7.05 Å². The van der Waals surface area contributed by atoms with E-state index in [1.165, 1.54) is 0 Å². The number of aliphatic hydroxyl groups is 1. The molecular weight excluding hydrogens is 234 g/mol. The van der Waals surface area contributed by atoms with E-state index in [9.17, 15) is 9.90 Å². The van der Waals surface area contributed by atoms with Crippen molar-refractivity contribution in [1.29, 1.82) is 0 Å². The van der Waals surface area contributed by atoms with Gasteiger partial charge in [0, 0.05) is 23.6 Å². The van der Waals surface area contributed by atoms with Crippen LogP contribution >= 0.6 is 11.8 Å². The predicted molar refractivity (Wildman–Crippen MR) is 72.3 cm³/mol. The van der Waals surface area contributed by atoms with Crippen LogP contribution in [0.25, 0.3) is 0 Å². The summed E-state index contributed by atoms with van der Waals surface area (Å²) < 4.78 is 0. The van der Waals surface area contributed by atoms with Gasteiger partial charge in [-0.1, -0.05) is 19.1 Å². The summed E-state index contributed by atoms with van der Waals surface area (Å²) in [7, 11) is 1.62. The van der Waals surface area contributed by atoms with Crippen molar-refractivity contribution < 1.29 is 9.90 Å². The minimum absolute atomic E-state index is 0.0680. The van der Waals surface area contributed by atoms with Crippen LogP contribution < -0.4 is 5.32 Å². The molecule has 1 aromatic carbocycles. The largest absolute Gasteiger partial charge is 0.392 e. The van der Waals surface area contributed by atoms with Gasteiger partial charge in [-0.25, -0.2) is 0 Å². The molecule has 0 heterocycles. The lowest BCUT2D eigenvalue weighted by atomic mass is 10.1. The summed E-state index contributed by atoms with van der Waals surface area (Å²) in [6.07, 6.45) is -0.301. The van der Waals surface area contributed by atoms with Gasteiger partial charge >= 0.3 is 0 Å². The fraction of sp³-hybridized carbons (Fsp3) is 0.462. The van der Waals surface area contributed by atoms with E-state index in [1.54, 1.807) is 25.7 Å². The van der Waals surface area contributed by atoms with Crippen LogP contribution in [-0.2, 0) is 5.75 Å². The molecule has 2 N–H and O–H groups in total. The van der Waals surface area contributed by atoms with Crippen molar-refractivity contribution in [3.05, 3.63) is 35.4 Å². The maximum atomic E-state index is 11.3. The highest BCUT2D eigenvalue weighted by Gasteiger charge is 2.09. The molecule has 0 aromatic heterocycles. The van der Waals surface area contributed by atoms with Crippen LogP contribution in [0, 0.1) is 0 Å². The van der Waals surface area contributed by atoms with E-state index in [0.717, 1.165) is 11.3 Å². The second-order valence-electron chi connectivity index (χ2n) is 4.03. The minimum Gasteiger partial charge on any atom is -0.392 e. The van der Waals surface area contributed by atoms with Gasteiger partial charge < -0.3 is 10.4 Å². The van der Waals surface area contributed by atoms with E-state index in [4.69, 9.17) is 0 Å². The molecule has 4 heteroatoms. The van der Waals surface area contributed by atoms with E-state index < -0.39 is 0 Å². The molecule has 0 saturated carbocycles. The summed E-state index contributed by atoms with van der Waals surface area (Å²) in [6.45, 7) is 3.81. The molecule has 1 rings (SSSR count). The molecule has 0 bridgehead atoms. The first-order chi connectivity index (χ1) is 8.04. The summed E-state index contributed by atoms with van der Waals surface area (Å²) in [5, 5.41) is 12.2. The first kappa shape index (κ1) is 14.1. The summed E-state index contributed by atoms with van der Waals surface area (Å²) in [5.74, 6) is 0.779. The van der Waals surface area contributed by atoms with Gasteiger partial charge in [0.2, 0.25) is 0 Å². The van der Waals surface area contributed by atoms with E-state index in [-0.39, 0.29) is 17.3 Å². The molecule has 94 valence electrons. The van der Waals surface area contributed by atoms with E-state index >= 15 is 0 Å². The molecular formula is C13H19NO2S. The Kier molecular flexibility index (Phi) is 5.51. The van der Waals surface area contributed by atoms with Crippen molar-refractivity contribution in [3.63, 3.8) is 0 Å². The summed E-state index contributed by atoms with van der Waals surface area (Å²) in [6, 6.07) is 7.54. The van der Waals surface area contributed by atoms with Crippen molar-refractivity contribution in [2.24, 2.45) is 0 Å². The zero-order valence-corrected chi connectivity index (χ0v) is 11.3. The van der Waals surface area contributed by atoms with Crippen LogP contribution in [0.3, 0.4) is 0 Å². The Labute approximate surface area is 107 Å². The smallest absolute Gasteiger partial charge is 0.251 e. The van der Waals surface area contributed by atoms with E-state index in [1.807, 2.05) is 31.2 Å². The highest BCUT2D eigenvalue weighted by Crippen LogP contribution is 2.20. The SMILES string of the molecule is CNC(=O)c1ccc(CS[C@H](C)[C@@H](C)O)cc1. The van der Waals surface area contributed by atoms with Crippen LogP contribution in [-0.4, -0.2) is 29.4 Å². The Balaban J connectivity index is 2.54. The lowest BCUT2D eigenvalue weighted by Gasteiger charge is -2.13. The van der Waals surface area contributed by atoms with Crippen molar-refractivity contribution >= 4 is 17.7 Å². The number of hydrogen-bond donors (Lipinski definition) is 2. The highest BCUT2D eigenvalue weighted by atomic mass is 32.2. The third kappa shape index (κ3) is 4.40. The Morgan fingerprint density at radius 3 is 2.41 bits per heavy atom. The molecule has 0 aliphatic rings. The third-order valence-corrected chi connectivity index (χ3v) is 4.06. The second-order valence-corrected chi connectivity index (χ2v) is 5.40. The van der Waals surface area contributed by atoms with Crippen LogP contribution in [0.4, 0.5) is 0 Å². The second kappa shape index (κ2) is 6.67. The number of aliphatic hydroxyl groups excluding tert-OH is 1. The van der Waals surface area contributed by atoms with Crippen LogP contribution in [0.15, 0.2) is 24.3 Å². The monoisotopic (exact) mass is 253 g/mol. The van der Waals surface area contributed by atoms with Gasteiger partial charge in [0.15, 0.2) is 0 Å². The molecule has 1 aromatic rings. The number of rotatable bonds is 5. The third-order valence-electron chi connectivity index (χ3n) is 2.64. The quantitative estimate of drug-likeness (QED) is 0.844. The van der Waals surface area contributed by atoms with Crippen molar-refractivity contribution in [1.82, 2.24) is 5.32 Å². The Hall–Kier alpha value is -1.00. The van der Waals surface area contributed by atoms with Crippen LogP contribution in [0.1, 0.15) is 29.8 Å². The minimum atomic E-state index is -0.301. The van der Waals surface area contributed by atoms with Crippen molar-refractivity contribution in [3.8, 4) is 0 Å². The topological polar surface area (TPSA) is 49.3 Å². The summed E-state index contributed by atoms with van der Waals surface area (Å²) in [5.41, 5.74) is 1.83. The lowest BCUT2D eigenvalue weighted by molar-refractivity contribution is 0.0963. The van der Waals surface area contributed by atoms with Gasteiger partial charge in [-0.05, 0) is 24.6 Å². The standard InChI is InChI=1S/C13H19NO2S/c1-9(15)10(2)17-8-11-4-6-12(7-5-11)13(16)14-3/h4-7,9-10,15H,8H2,1-3H3,(H,14,16)/t9-,10-/m1/s1. The van der Waals surface area contributed by atoms with Crippen LogP contribution in [0.5, 0.6) is 0 Å². The molecule has 2 atom stereocenters. The highest BCUT2D eigenvalue weighted by molar-refractivity contribution is 7.99. The molecule has 0 radical (unpaired) electrons. The molecule has 1 amide bonds. The van der Waals surface area contributed by atoms with Gasteiger partial charge in [0.1, 0.15) is 0 Å². The van der Waals surface area contributed by atoms with Gasteiger partial charge in [-0.15, -0.1) is 0 Å². The van der Waals surface area contributed by atoms with E-state index in [2.05, 4.69) is 5.32 Å². The number of nitrogens with one attached hydrogen (secondary N) is 1. The summed E-state index contributed by atoms with van der Waals surface area (Å²) in [4.78, 5) is 11.3. The average Bonchev–Trinajstić information content (AvgIpc) is 2.35. The predicted octanol–water partition coefficient (Wildman–Crippen LogP) is 2.05. The average molecular weight is 253 g/mol. The number of amides is 1. The number of carbonyl (C=O) groups excluding carboxylic acids is 1. The molecule has 0 fully saturated rings. The molecule has 17 heavy (non-hydrogen) atoms. The number of benzene rings is 1. The molecule has 0 unspecified atom stereocenters. The van der Waals surface area contributed by atoms with Gasteiger partial charge in [0.05, 0.1) is 6.10 Å². The molecule has 3 nitrogen and oxygen atoms in total. The fourth-order valence-corrected chi connectivity index (χ4v) is 2.19. The molecule has 0 aliphatic heterocycles. The zero-order chi connectivity index (χ0) is 12.8. The van der Waals surface area contributed by atoms with Crippen LogP contribution in [0.2, 0.25) is 0 Å². The normalized spacial score (nSPS) is 14.1. The Morgan fingerprint density at radius 1 is 1.35 bits per heavy atom. The Morgan fingerprint density at radius 2 is 1.94 bits per heavy atom. The maximum Gasteiger partial charge on any atom is 0.251 e. The Bertz CT molecular complexity index is 362. The summed E-state index contributed by atoms with van der Waals surface area (Å²) >= 11 is 1.71. The maximum absolute atomic E-state index is 11.3. The van der Waals surface area contributed by atoms with Gasteiger partial charge in [0.25, 0.3) is 5.91 Å². The fourth-order valence-electron chi connectivity index (χ4n) is 1.26. The number of hydrogen-bond acceptors (Lipinski definition) is 3. The van der Waals surface area contributed by atoms with Gasteiger partial charge in [-0.2, -0.15) is 11.8 Å². The number of carbonyl (C=O) groups is 1. The van der Waals surface area contributed by atoms with Crippen molar-refractivity contribution in [2.45, 2.75) is 31.0 Å². The molecule has 0 spiro atoms. The molecule has 0 aliphatic carbocycles. The number of thioether (sulfide) groups is 1. The van der Waals surface area contributed by atoms with Gasteiger partial charge in [-0.3, -0.25) is 4.79 Å². The zero-order valence-electron chi connectivity index (χ0n) is 10.4. The first-order valence-corrected chi connectivity index (χ1v) is 6.70. The van der Waals surface area contributed by atoms with E-state index in [0.29, 0.717) is 5.56 Å². The molecule has 0 saturated heterocycles.